The van der Waals surface area contributed by atoms with Crippen LogP contribution in [0.15, 0.2) is 12.1 Å². The van der Waals surface area contributed by atoms with Crippen molar-refractivity contribution in [2.24, 2.45) is 0 Å². The molecule has 3 heteroatoms. The Hall–Kier alpha value is -0.700. The van der Waals surface area contributed by atoms with Gasteiger partial charge in [0.1, 0.15) is 11.5 Å². The highest BCUT2D eigenvalue weighted by atomic mass is 79.9. The fourth-order valence-electron chi connectivity index (χ4n) is 2.25. The van der Waals surface area contributed by atoms with Gasteiger partial charge in [-0.3, -0.25) is 0 Å². The molecule has 1 aromatic rings. The van der Waals surface area contributed by atoms with Crippen LogP contribution in [0.1, 0.15) is 35.2 Å². The lowest BCUT2D eigenvalue weighted by molar-refractivity contribution is 0.390. The first-order valence-corrected chi connectivity index (χ1v) is 5.98. The van der Waals surface area contributed by atoms with E-state index in [-0.39, 0.29) is 0 Å². The van der Waals surface area contributed by atoms with E-state index in [2.05, 4.69) is 28.9 Å². The minimum Gasteiger partial charge on any atom is -0.497 e. The van der Waals surface area contributed by atoms with E-state index in [1.54, 1.807) is 14.2 Å². The molecule has 1 aliphatic carbocycles. The molecule has 2 atom stereocenters. The lowest BCUT2D eigenvalue weighted by Crippen LogP contribution is -1.95. The summed E-state index contributed by atoms with van der Waals surface area (Å²) in [5.41, 5.74) is 2.62. The number of alkyl halides is 1. The molecule has 15 heavy (non-hydrogen) atoms. The van der Waals surface area contributed by atoms with Gasteiger partial charge in [0.15, 0.2) is 0 Å². The molecule has 1 aliphatic rings. The van der Waals surface area contributed by atoms with Gasteiger partial charge in [-0.1, -0.05) is 22.9 Å². The predicted molar refractivity (Wildman–Crippen MR) is 64.2 cm³/mol. The molecule has 2 rings (SSSR count). The van der Waals surface area contributed by atoms with Crippen LogP contribution in [0.4, 0.5) is 0 Å². The first kappa shape index (κ1) is 10.8. The summed E-state index contributed by atoms with van der Waals surface area (Å²) < 4.78 is 10.7. The van der Waals surface area contributed by atoms with Crippen molar-refractivity contribution in [3.8, 4) is 11.5 Å². The minimum absolute atomic E-state index is 0.423. The Balaban J connectivity index is 2.57. The topological polar surface area (TPSA) is 18.5 Å². The number of benzene rings is 1. The summed E-state index contributed by atoms with van der Waals surface area (Å²) in [5, 5.41) is 0. The quantitative estimate of drug-likeness (QED) is 0.764. The Labute approximate surface area is 98.7 Å². The van der Waals surface area contributed by atoms with Gasteiger partial charge in [0, 0.05) is 16.5 Å². The maximum Gasteiger partial charge on any atom is 0.126 e. The maximum absolute atomic E-state index is 5.42. The predicted octanol–water partition coefficient (Wildman–Crippen LogP) is 3.65. The van der Waals surface area contributed by atoms with Crippen LogP contribution in [0.5, 0.6) is 11.5 Å². The van der Waals surface area contributed by atoms with E-state index in [0.717, 1.165) is 17.9 Å². The molecule has 0 fully saturated rings. The third-order valence-electron chi connectivity index (χ3n) is 2.99. The highest BCUT2D eigenvalue weighted by Gasteiger charge is 2.30. The Morgan fingerprint density at radius 2 is 2.00 bits per heavy atom. The fourth-order valence-corrected chi connectivity index (χ4v) is 3.19. The normalized spacial score (nSPS) is 23.7. The number of hydrogen-bond donors (Lipinski definition) is 0. The van der Waals surface area contributed by atoms with Crippen molar-refractivity contribution < 1.29 is 9.47 Å². The summed E-state index contributed by atoms with van der Waals surface area (Å²) in [6.07, 6.45) is 1.12. The van der Waals surface area contributed by atoms with Crippen LogP contribution in [0.2, 0.25) is 0 Å². The lowest BCUT2D eigenvalue weighted by atomic mass is 10.0. The van der Waals surface area contributed by atoms with Crippen LogP contribution in [-0.2, 0) is 0 Å². The van der Waals surface area contributed by atoms with E-state index in [1.807, 2.05) is 6.07 Å². The Kier molecular flexibility index (Phi) is 2.91. The highest BCUT2D eigenvalue weighted by Crippen LogP contribution is 2.50. The fraction of sp³-hybridized carbons (Fsp3) is 0.500. The van der Waals surface area contributed by atoms with Gasteiger partial charge in [0.05, 0.1) is 14.2 Å². The second kappa shape index (κ2) is 4.05. The van der Waals surface area contributed by atoms with Crippen LogP contribution in [0.25, 0.3) is 0 Å². The van der Waals surface area contributed by atoms with Gasteiger partial charge in [0.25, 0.3) is 0 Å². The maximum atomic E-state index is 5.42. The Bertz CT molecular complexity index is 376. The van der Waals surface area contributed by atoms with Crippen molar-refractivity contribution in [1.82, 2.24) is 0 Å². The molecule has 0 N–H and O–H groups in total. The summed E-state index contributed by atoms with van der Waals surface area (Å²) in [7, 11) is 3.39. The minimum atomic E-state index is 0.423. The molecule has 1 aromatic carbocycles. The largest absolute Gasteiger partial charge is 0.497 e. The zero-order valence-electron chi connectivity index (χ0n) is 9.21. The summed E-state index contributed by atoms with van der Waals surface area (Å²) in [5.74, 6) is 2.35. The molecule has 2 nitrogen and oxygen atoms in total. The molecule has 0 amide bonds. The summed E-state index contributed by atoms with van der Waals surface area (Å²) in [6, 6.07) is 4.06. The molecule has 0 saturated carbocycles. The van der Waals surface area contributed by atoms with E-state index >= 15 is 0 Å². The molecule has 82 valence electrons. The van der Waals surface area contributed by atoms with Crippen molar-refractivity contribution in [2.75, 3.05) is 14.2 Å². The average molecular weight is 271 g/mol. The Morgan fingerprint density at radius 1 is 1.27 bits per heavy atom. The van der Waals surface area contributed by atoms with Crippen molar-refractivity contribution in [3.05, 3.63) is 23.3 Å². The van der Waals surface area contributed by atoms with Gasteiger partial charge in [-0.25, -0.2) is 0 Å². The molecule has 0 spiro atoms. The van der Waals surface area contributed by atoms with Crippen molar-refractivity contribution in [2.45, 2.75) is 24.1 Å². The number of halogens is 1. The van der Waals surface area contributed by atoms with E-state index in [9.17, 15) is 0 Å². The van der Waals surface area contributed by atoms with Crippen molar-refractivity contribution >= 4 is 15.9 Å². The zero-order chi connectivity index (χ0) is 11.0. The Morgan fingerprint density at radius 3 is 2.60 bits per heavy atom. The average Bonchev–Trinajstić information content (AvgIpc) is 2.53. The summed E-state index contributed by atoms with van der Waals surface area (Å²) >= 11 is 3.69. The lowest BCUT2D eigenvalue weighted by Gasteiger charge is -2.13. The third kappa shape index (κ3) is 1.73. The van der Waals surface area contributed by atoms with Crippen LogP contribution < -0.4 is 9.47 Å². The van der Waals surface area contributed by atoms with Gasteiger partial charge >= 0.3 is 0 Å². The number of methoxy groups -OCH3 is 2. The molecule has 0 aromatic heterocycles. The highest BCUT2D eigenvalue weighted by molar-refractivity contribution is 9.09. The molecule has 0 saturated heterocycles. The van der Waals surface area contributed by atoms with Crippen molar-refractivity contribution in [1.29, 1.82) is 0 Å². The van der Waals surface area contributed by atoms with Crippen LogP contribution >= 0.6 is 15.9 Å². The molecule has 0 radical (unpaired) electrons. The smallest absolute Gasteiger partial charge is 0.126 e. The first-order valence-electron chi connectivity index (χ1n) is 5.07. The summed E-state index contributed by atoms with van der Waals surface area (Å²) in [6.45, 7) is 2.23. The molecule has 2 unspecified atom stereocenters. The van der Waals surface area contributed by atoms with Gasteiger partial charge in [-0.05, 0) is 24.0 Å². The number of hydrogen-bond acceptors (Lipinski definition) is 2. The second-order valence-corrected chi connectivity index (χ2v) is 5.04. The number of fused-ring (bicyclic) bond motifs is 1. The van der Waals surface area contributed by atoms with Gasteiger partial charge in [-0.15, -0.1) is 0 Å². The third-order valence-corrected chi connectivity index (χ3v) is 3.86. The SMILES string of the molecule is COc1cc(OC)c2c(c1)C(Br)CC2C. The van der Waals surface area contributed by atoms with Gasteiger partial charge in [-0.2, -0.15) is 0 Å². The van der Waals surface area contributed by atoms with Gasteiger partial charge in [0.2, 0.25) is 0 Å². The number of ether oxygens (including phenoxy) is 2. The molecule has 0 heterocycles. The van der Waals surface area contributed by atoms with E-state index in [0.29, 0.717) is 10.7 Å². The van der Waals surface area contributed by atoms with E-state index in [4.69, 9.17) is 9.47 Å². The van der Waals surface area contributed by atoms with E-state index in [1.165, 1.54) is 11.1 Å². The molecular formula is C12H15BrO2. The van der Waals surface area contributed by atoms with Crippen LogP contribution in [0.3, 0.4) is 0 Å². The molecular weight excluding hydrogens is 256 g/mol. The monoisotopic (exact) mass is 270 g/mol. The summed E-state index contributed by atoms with van der Waals surface area (Å²) in [4.78, 5) is 0.423. The zero-order valence-corrected chi connectivity index (χ0v) is 10.8. The molecule has 0 bridgehead atoms. The molecule has 0 aliphatic heterocycles. The second-order valence-electron chi connectivity index (χ2n) is 3.94. The standard InChI is InChI=1S/C12H15BrO2/c1-7-4-10(13)9-5-8(14-2)6-11(15-3)12(7)9/h5-7,10H,4H2,1-3H3. The van der Waals surface area contributed by atoms with Gasteiger partial charge < -0.3 is 9.47 Å². The van der Waals surface area contributed by atoms with Crippen LogP contribution in [0, 0.1) is 0 Å². The van der Waals surface area contributed by atoms with Crippen molar-refractivity contribution in [3.63, 3.8) is 0 Å². The first-order chi connectivity index (χ1) is 7.17. The van der Waals surface area contributed by atoms with E-state index < -0.39 is 0 Å². The number of rotatable bonds is 2. The van der Waals surface area contributed by atoms with Crippen LogP contribution in [-0.4, -0.2) is 14.2 Å².